The van der Waals surface area contributed by atoms with Crippen LogP contribution in [-0.4, -0.2) is 66.9 Å². The molecule has 196 valence electrons. The van der Waals surface area contributed by atoms with E-state index in [1.54, 1.807) is 66.7 Å². The Bertz CT molecular complexity index is 1340. The first-order valence-corrected chi connectivity index (χ1v) is 13.0. The van der Waals surface area contributed by atoms with Crippen LogP contribution in [0.1, 0.15) is 6.92 Å². The highest BCUT2D eigenvalue weighted by Crippen LogP contribution is 2.30. The fraction of sp³-hybridized carbons (Fsp3) is 0.269. The zero-order chi connectivity index (χ0) is 26.6. The maximum absolute atomic E-state index is 12.7. The van der Waals surface area contributed by atoms with Crippen molar-refractivity contribution in [3.63, 3.8) is 0 Å². The Kier molecular flexibility index (Phi) is 8.10. The molecule has 10 nitrogen and oxygen atoms in total. The van der Waals surface area contributed by atoms with E-state index in [4.69, 9.17) is 9.47 Å². The summed E-state index contributed by atoms with van der Waals surface area (Å²) in [7, 11) is -3.76. The molecule has 5 atom stereocenters. The van der Waals surface area contributed by atoms with Crippen LogP contribution >= 0.6 is 0 Å². The van der Waals surface area contributed by atoms with Gasteiger partial charge in [-0.1, -0.05) is 42.5 Å². The molecule has 0 aliphatic carbocycles. The summed E-state index contributed by atoms with van der Waals surface area (Å²) in [6.07, 6.45) is -5.16. The second-order valence-corrected chi connectivity index (χ2v) is 10.3. The van der Waals surface area contributed by atoms with Crippen molar-refractivity contribution in [1.29, 1.82) is 0 Å². The molecule has 1 saturated heterocycles. The molecule has 3 aromatic rings. The number of carbonyl (C=O) groups excluding carboxylic acids is 1. The predicted octanol–water partition coefficient (Wildman–Crippen LogP) is 1.48. The molecule has 1 amide bonds. The maximum atomic E-state index is 12.7. The van der Waals surface area contributed by atoms with Gasteiger partial charge >= 0.3 is 0 Å². The van der Waals surface area contributed by atoms with Gasteiger partial charge in [-0.05, 0) is 47.5 Å². The van der Waals surface area contributed by atoms with Gasteiger partial charge in [0.2, 0.25) is 12.2 Å². The largest absolute Gasteiger partial charge is 0.463 e. The van der Waals surface area contributed by atoms with E-state index < -0.39 is 53.2 Å². The zero-order valence-electron chi connectivity index (χ0n) is 19.9. The lowest BCUT2D eigenvalue weighted by molar-refractivity contribution is -0.244. The number of hydrogen-bond donors (Lipinski definition) is 5. The molecule has 5 N–H and O–H groups in total. The van der Waals surface area contributed by atoms with Gasteiger partial charge in [0.05, 0.1) is 11.5 Å². The summed E-state index contributed by atoms with van der Waals surface area (Å²) in [6, 6.07) is 20.6. The summed E-state index contributed by atoms with van der Waals surface area (Å²) in [4.78, 5) is 11.8. The quantitative estimate of drug-likeness (QED) is 0.295. The Labute approximate surface area is 214 Å². The van der Waals surface area contributed by atoms with E-state index in [1.807, 2.05) is 0 Å². The molecular weight excluding hydrogens is 500 g/mol. The monoisotopic (exact) mass is 528 g/mol. The number of amides is 1. The Balaban J connectivity index is 1.56. The van der Waals surface area contributed by atoms with Crippen LogP contribution in [0.3, 0.4) is 0 Å². The fourth-order valence-corrected chi connectivity index (χ4v) is 5.10. The molecule has 11 heteroatoms. The number of benzene rings is 3. The molecule has 1 aliphatic rings. The normalized spacial score (nSPS) is 23.7. The molecule has 1 aliphatic heterocycles. The lowest BCUT2D eigenvalue weighted by atomic mass is 9.97. The van der Waals surface area contributed by atoms with Crippen molar-refractivity contribution in [2.24, 2.45) is 0 Å². The number of aliphatic hydroxyl groups is 3. The first kappa shape index (κ1) is 26.6. The van der Waals surface area contributed by atoms with E-state index in [0.717, 1.165) is 0 Å². The van der Waals surface area contributed by atoms with Crippen molar-refractivity contribution in [3.05, 3.63) is 78.9 Å². The first-order valence-electron chi connectivity index (χ1n) is 11.5. The summed E-state index contributed by atoms with van der Waals surface area (Å²) in [5.74, 6) is -0.132. The molecule has 0 radical (unpaired) electrons. The lowest BCUT2D eigenvalue weighted by Crippen LogP contribution is -2.65. The number of nitrogens with one attached hydrogen (secondary N) is 2. The number of aliphatic hydroxyl groups excluding tert-OH is 3. The average molecular weight is 529 g/mol. The van der Waals surface area contributed by atoms with Gasteiger partial charge in [0.15, 0.2) is 0 Å². The van der Waals surface area contributed by atoms with E-state index in [1.165, 1.54) is 19.1 Å². The molecule has 0 spiro atoms. The summed E-state index contributed by atoms with van der Waals surface area (Å²) < 4.78 is 39.5. The molecule has 0 unspecified atom stereocenters. The van der Waals surface area contributed by atoms with Crippen molar-refractivity contribution < 1.29 is 38.0 Å². The van der Waals surface area contributed by atoms with Gasteiger partial charge in [-0.2, -0.15) is 0 Å². The third kappa shape index (κ3) is 6.27. The fourth-order valence-electron chi connectivity index (χ4n) is 4.03. The summed E-state index contributed by atoms with van der Waals surface area (Å²) in [6.45, 7) is 0.699. The van der Waals surface area contributed by atoms with Crippen molar-refractivity contribution >= 4 is 21.6 Å². The molecule has 1 fully saturated rings. The van der Waals surface area contributed by atoms with Gasteiger partial charge in [0.1, 0.15) is 30.1 Å². The minimum Gasteiger partial charge on any atom is -0.463 e. The third-order valence-electron chi connectivity index (χ3n) is 5.84. The van der Waals surface area contributed by atoms with Gasteiger partial charge in [0.25, 0.3) is 10.0 Å². The molecule has 0 aromatic heterocycles. The number of ether oxygens (including phenoxy) is 2. The molecule has 37 heavy (non-hydrogen) atoms. The predicted molar refractivity (Wildman–Crippen MR) is 135 cm³/mol. The highest BCUT2D eigenvalue weighted by atomic mass is 32.2. The standard InChI is InChI=1S/C26H28N2O8S/c1-16(30)27-23-25(32)24(31)22(15-29)36-26(23)35-20-10-6-8-18(14-20)17-7-5-9-19(13-17)28-37(33,34)21-11-3-2-4-12-21/h2-14,22-26,28-29,31-32H,15H2,1H3,(H,27,30)/t22-,23-,24+,25-,26-/m1/s1. The average Bonchev–Trinajstić information content (AvgIpc) is 2.89. The summed E-state index contributed by atoms with van der Waals surface area (Å²) in [5.41, 5.74) is 1.77. The van der Waals surface area contributed by atoms with Crippen LogP contribution in [-0.2, 0) is 19.6 Å². The molecule has 4 rings (SSSR count). The van der Waals surface area contributed by atoms with Crippen LogP contribution in [0.15, 0.2) is 83.8 Å². The van der Waals surface area contributed by atoms with Gasteiger partial charge in [0, 0.05) is 12.6 Å². The first-order chi connectivity index (χ1) is 17.7. The van der Waals surface area contributed by atoms with Crippen LogP contribution in [0, 0.1) is 0 Å². The minimum atomic E-state index is -3.76. The second-order valence-electron chi connectivity index (χ2n) is 8.58. The Morgan fingerprint density at radius 1 is 0.946 bits per heavy atom. The van der Waals surface area contributed by atoms with Crippen LogP contribution < -0.4 is 14.8 Å². The van der Waals surface area contributed by atoms with Crippen LogP contribution in [0.4, 0.5) is 5.69 Å². The van der Waals surface area contributed by atoms with E-state index in [9.17, 15) is 28.5 Å². The minimum absolute atomic E-state index is 0.144. The number of hydrogen-bond acceptors (Lipinski definition) is 8. The van der Waals surface area contributed by atoms with Crippen LogP contribution in [0.5, 0.6) is 5.75 Å². The van der Waals surface area contributed by atoms with Crippen molar-refractivity contribution in [1.82, 2.24) is 5.32 Å². The molecule has 3 aromatic carbocycles. The zero-order valence-corrected chi connectivity index (χ0v) is 20.7. The van der Waals surface area contributed by atoms with E-state index in [0.29, 0.717) is 22.6 Å². The van der Waals surface area contributed by atoms with E-state index in [2.05, 4.69) is 10.0 Å². The van der Waals surface area contributed by atoms with E-state index >= 15 is 0 Å². The summed E-state index contributed by atoms with van der Waals surface area (Å²) in [5, 5.41) is 32.7. The Morgan fingerprint density at radius 3 is 2.30 bits per heavy atom. The second kappa shape index (κ2) is 11.3. The number of rotatable bonds is 8. The number of carbonyl (C=O) groups is 1. The summed E-state index contributed by atoms with van der Waals surface area (Å²) >= 11 is 0. The van der Waals surface area contributed by atoms with Crippen molar-refractivity contribution in [3.8, 4) is 16.9 Å². The number of anilines is 1. The third-order valence-corrected chi connectivity index (χ3v) is 7.24. The molecule has 1 heterocycles. The number of sulfonamides is 1. The highest BCUT2D eigenvalue weighted by Gasteiger charge is 2.46. The van der Waals surface area contributed by atoms with Gasteiger partial charge in [-0.15, -0.1) is 0 Å². The van der Waals surface area contributed by atoms with Gasteiger partial charge in [-0.25, -0.2) is 8.42 Å². The van der Waals surface area contributed by atoms with E-state index in [-0.39, 0.29) is 4.90 Å². The van der Waals surface area contributed by atoms with Crippen molar-refractivity contribution in [2.75, 3.05) is 11.3 Å². The smallest absolute Gasteiger partial charge is 0.261 e. The molecular formula is C26H28N2O8S. The topological polar surface area (TPSA) is 154 Å². The van der Waals surface area contributed by atoms with Gasteiger partial charge < -0.3 is 30.1 Å². The van der Waals surface area contributed by atoms with Crippen LogP contribution in [0.2, 0.25) is 0 Å². The SMILES string of the molecule is CC(=O)N[C@H]1[C@H](Oc2cccc(-c3cccc(NS(=O)(=O)c4ccccc4)c3)c2)O[C@H](CO)[C@H](O)[C@@H]1O. The Morgan fingerprint density at radius 2 is 1.62 bits per heavy atom. The van der Waals surface area contributed by atoms with Crippen LogP contribution in [0.25, 0.3) is 11.1 Å². The van der Waals surface area contributed by atoms with Gasteiger partial charge in [-0.3, -0.25) is 9.52 Å². The lowest BCUT2D eigenvalue weighted by Gasteiger charge is -2.42. The highest BCUT2D eigenvalue weighted by molar-refractivity contribution is 7.92. The Hall–Kier alpha value is -3.48. The molecule has 0 bridgehead atoms. The maximum Gasteiger partial charge on any atom is 0.261 e. The molecule has 0 saturated carbocycles. The van der Waals surface area contributed by atoms with Crippen molar-refractivity contribution in [2.45, 2.75) is 42.5 Å².